The van der Waals surface area contributed by atoms with Gasteiger partial charge in [-0.2, -0.15) is 5.26 Å². The predicted molar refractivity (Wildman–Crippen MR) is 72.5 cm³/mol. The lowest BCUT2D eigenvalue weighted by Crippen LogP contribution is -2.39. The molecule has 0 radical (unpaired) electrons. The van der Waals surface area contributed by atoms with Crippen LogP contribution in [-0.4, -0.2) is 42.6 Å². The average Bonchev–Trinajstić information content (AvgIpc) is 2.60. The first-order valence-corrected chi connectivity index (χ1v) is 6.56. The summed E-state index contributed by atoms with van der Waals surface area (Å²) in [6.45, 7) is 5.50. The van der Waals surface area contributed by atoms with Crippen molar-refractivity contribution in [3.05, 3.63) is 24.0 Å². The largest absolute Gasteiger partial charge is 0.367 e. The van der Waals surface area contributed by atoms with Gasteiger partial charge >= 0.3 is 0 Å². The van der Waals surface area contributed by atoms with E-state index in [1.807, 2.05) is 12.1 Å². The van der Waals surface area contributed by atoms with E-state index in [-0.39, 0.29) is 0 Å². The van der Waals surface area contributed by atoms with Gasteiger partial charge in [-0.25, -0.2) is 4.98 Å². The van der Waals surface area contributed by atoms with Crippen molar-refractivity contribution in [3.8, 4) is 6.07 Å². The summed E-state index contributed by atoms with van der Waals surface area (Å²) in [7, 11) is 2.18. The highest BCUT2D eigenvalue weighted by Crippen LogP contribution is 2.21. The summed E-state index contributed by atoms with van der Waals surface area (Å²) in [5.74, 6) is 0. The molecular weight excluding hydrogens is 224 g/mol. The van der Waals surface area contributed by atoms with Gasteiger partial charge in [-0.15, -0.1) is 0 Å². The molecule has 0 bridgehead atoms. The number of anilines is 1. The Kier molecular flexibility index (Phi) is 4.16. The molecule has 0 spiro atoms. The number of likely N-dealkylation sites (N-methyl/N-ethyl adjacent to an activating group) is 1. The lowest BCUT2D eigenvalue weighted by molar-refractivity contribution is 0.328. The third-order valence-corrected chi connectivity index (χ3v) is 3.56. The third-order valence-electron chi connectivity index (χ3n) is 3.56. The molecule has 0 aromatic carbocycles. The van der Waals surface area contributed by atoms with Crippen LogP contribution in [0.3, 0.4) is 0 Å². The SMILES string of the molecule is CCC1CN(C)CCCN1c1ccnc(C#N)c1. The number of nitrogens with zero attached hydrogens (tertiary/aromatic N) is 4. The minimum atomic E-state index is 0.500. The summed E-state index contributed by atoms with van der Waals surface area (Å²) in [6.07, 6.45) is 4.01. The Labute approximate surface area is 109 Å². The molecule has 0 amide bonds. The Morgan fingerprint density at radius 2 is 2.33 bits per heavy atom. The summed E-state index contributed by atoms with van der Waals surface area (Å²) in [5.41, 5.74) is 1.63. The van der Waals surface area contributed by atoms with E-state index in [2.05, 4.69) is 34.8 Å². The maximum atomic E-state index is 8.94. The molecule has 0 saturated carbocycles. The van der Waals surface area contributed by atoms with E-state index < -0.39 is 0 Å². The Hall–Kier alpha value is -1.60. The molecule has 1 aliphatic heterocycles. The molecule has 2 heterocycles. The van der Waals surface area contributed by atoms with Crippen LogP contribution < -0.4 is 4.90 Å². The van der Waals surface area contributed by atoms with E-state index in [1.54, 1.807) is 6.20 Å². The molecule has 0 N–H and O–H groups in total. The molecule has 96 valence electrons. The smallest absolute Gasteiger partial charge is 0.142 e. The molecule has 1 saturated heterocycles. The van der Waals surface area contributed by atoms with Gasteiger partial charge in [0.1, 0.15) is 11.8 Å². The van der Waals surface area contributed by atoms with Gasteiger partial charge in [0.25, 0.3) is 0 Å². The van der Waals surface area contributed by atoms with Gasteiger partial charge in [0.15, 0.2) is 0 Å². The van der Waals surface area contributed by atoms with Crippen LogP contribution in [0, 0.1) is 11.3 Å². The molecule has 1 aromatic rings. The van der Waals surface area contributed by atoms with Crippen LogP contribution >= 0.6 is 0 Å². The van der Waals surface area contributed by atoms with Gasteiger partial charge in [-0.05, 0) is 38.6 Å². The van der Waals surface area contributed by atoms with E-state index in [9.17, 15) is 0 Å². The fourth-order valence-electron chi connectivity index (χ4n) is 2.59. The minimum absolute atomic E-state index is 0.500. The Morgan fingerprint density at radius 1 is 1.50 bits per heavy atom. The fraction of sp³-hybridized carbons (Fsp3) is 0.571. The van der Waals surface area contributed by atoms with Gasteiger partial charge in [-0.3, -0.25) is 0 Å². The highest BCUT2D eigenvalue weighted by atomic mass is 15.2. The van der Waals surface area contributed by atoms with Crippen molar-refractivity contribution in [2.75, 3.05) is 31.6 Å². The zero-order valence-electron chi connectivity index (χ0n) is 11.1. The van der Waals surface area contributed by atoms with Gasteiger partial charge in [-0.1, -0.05) is 6.92 Å². The maximum Gasteiger partial charge on any atom is 0.142 e. The standard InChI is InChI=1S/C14H20N4/c1-3-13-11-17(2)7-4-8-18(13)14-5-6-16-12(9-14)10-15/h5-6,9,13H,3-4,7-8,11H2,1-2H3. The quantitative estimate of drug-likeness (QED) is 0.796. The summed E-state index contributed by atoms with van der Waals surface area (Å²) in [5, 5.41) is 8.94. The molecule has 1 fully saturated rings. The fourth-order valence-corrected chi connectivity index (χ4v) is 2.59. The predicted octanol–water partition coefficient (Wildman–Crippen LogP) is 1.87. The lowest BCUT2D eigenvalue weighted by atomic mass is 10.1. The van der Waals surface area contributed by atoms with Crippen LogP contribution in [-0.2, 0) is 0 Å². The Morgan fingerprint density at radius 3 is 3.06 bits per heavy atom. The zero-order chi connectivity index (χ0) is 13.0. The van der Waals surface area contributed by atoms with Gasteiger partial charge in [0.05, 0.1) is 0 Å². The van der Waals surface area contributed by atoms with Crippen LogP contribution in [0.1, 0.15) is 25.5 Å². The van der Waals surface area contributed by atoms with Crippen molar-refractivity contribution in [1.29, 1.82) is 5.26 Å². The zero-order valence-corrected chi connectivity index (χ0v) is 11.1. The number of nitriles is 1. The molecule has 1 atom stereocenters. The first kappa shape index (κ1) is 12.8. The highest BCUT2D eigenvalue weighted by molar-refractivity contribution is 5.50. The van der Waals surface area contributed by atoms with Gasteiger partial charge in [0, 0.05) is 31.0 Å². The minimum Gasteiger partial charge on any atom is -0.367 e. The van der Waals surface area contributed by atoms with E-state index in [4.69, 9.17) is 5.26 Å². The second kappa shape index (κ2) is 5.83. The Balaban J connectivity index is 2.25. The van der Waals surface area contributed by atoms with E-state index in [0.717, 1.165) is 38.2 Å². The molecule has 4 heteroatoms. The van der Waals surface area contributed by atoms with Gasteiger partial charge in [0.2, 0.25) is 0 Å². The van der Waals surface area contributed by atoms with Crippen LogP contribution in [0.15, 0.2) is 18.3 Å². The van der Waals surface area contributed by atoms with Gasteiger partial charge < -0.3 is 9.80 Å². The van der Waals surface area contributed by atoms with Crippen LogP contribution in [0.25, 0.3) is 0 Å². The number of pyridine rings is 1. The molecular formula is C14H20N4. The number of aromatic nitrogens is 1. The summed E-state index contributed by atoms with van der Waals surface area (Å²) >= 11 is 0. The van der Waals surface area contributed by atoms with Crippen molar-refractivity contribution in [3.63, 3.8) is 0 Å². The lowest BCUT2D eigenvalue weighted by Gasteiger charge is -2.32. The van der Waals surface area contributed by atoms with Crippen LogP contribution in [0.5, 0.6) is 0 Å². The molecule has 1 unspecified atom stereocenters. The molecule has 2 rings (SSSR count). The summed E-state index contributed by atoms with van der Waals surface area (Å²) in [6, 6.07) is 6.54. The Bertz CT molecular complexity index is 438. The van der Waals surface area contributed by atoms with Crippen molar-refractivity contribution in [2.24, 2.45) is 0 Å². The monoisotopic (exact) mass is 244 g/mol. The highest BCUT2D eigenvalue weighted by Gasteiger charge is 2.22. The van der Waals surface area contributed by atoms with Crippen LogP contribution in [0.4, 0.5) is 5.69 Å². The third kappa shape index (κ3) is 2.80. The van der Waals surface area contributed by atoms with E-state index >= 15 is 0 Å². The van der Waals surface area contributed by atoms with Crippen LogP contribution in [0.2, 0.25) is 0 Å². The molecule has 1 aromatic heterocycles. The van der Waals surface area contributed by atoms with Crippen molar-refractivity contribution < 1.29 is 0 Å². The second-order valence-corrected chi connectivity index (χ2v) is 4.88. The average molecular weight is 244 g/mol. The topological polar surface area (TPSA) is 43.2 Å². The van der Waals surface area contributed by atoms with Crippen molar-refractivity contribution in [1.82, 2.24) is 9.88 Å². The first-order chi connectivity index (χ1) is 8.74. The molecule has 18 heavy (non-hydrogen) atoms. The summed E-state index contributed by atoms with van der Waals surface area (Å²) < 4.78 is 0. The number of hydrogen-bond donors (Lipinski definition) is 0. The van der Waals surface area contributed by atoms with Crippen molar-refractivity contribution >= 4 is 5.69 Å². The van der Waals surface area contributed by atoms with E-state index in [1.165, 1.54) is 0 Å². The normalized spacial score (nSPS) is 21.4. The van der Waals surface area contributed by atoms with Crippen molar-refractivity contribution in [2.45, 2.75) is 25.8 Å². The molecule has 1 aliphatic rings. The number of rotatable bonds is 2. The molecule has 0 aliphatic carbocycles. The molecule has 4 nitrogen and oxygen atoms in total. The summed E-state index contributed by atoms with van der Waals surface area (Å²) in [4.78, 5) is 8.86. The second-order valence-electron chi connectivity index (χ2n) is 4.88. The maximum absolute atomic E-state index is 8.94. The van der Waals surface area contributed by atoms with E-state index in [0.29, 0.717) is 11.7 Å². The number of hydrogen-bond acceptors (Lipinski definition) is 4. The first-order valence-electron chi connectivity index (χ1n) is 6.56.